The van der Waals surface area contributed by atoms with E-state index in [1.807, 2.05) is 0 Å². The molecule has 0 amide bonds. The Hall–Kier alpha value is -1.76. The highest BCUT2D eigenvalue weighted by Gasteiger charge is 2.09. The van der Waals surface area contributed by atoms with E-state index in [4.69, 9.17) is 27.9 Å². The van der Waals surface area contributed by atoms with Crippen LogP contribution in [0.25, 0.3) is 0 Å². The molecule has 0 atom stereocenters. The van der Waals surface area contributed by atoms with Gasteiger partial charge in [-0.3, -0.25) is 0 Å². The third-order valence-electron chi connectivity index (χ3n) is 2.65. The van der Waals surface area contributed by atoms with Crippen LogP contribution in [0.4, 0.5) is 8.78 Å². The highest BCUT2D eigenvalue weighted by Crippen LogP contribution is 2.23. The van der Waals surface area contributed by atoms with Crippen LogP contribution < -0.4 is 4.74 Å². The Morgan fingerprint density at radius 2 is 1.95 bits per heavy atom. The molecule has 1 nitrogen and oxygen atoms in total. The molecule has 0 unspecified atom stereocenters. The fourth-order valence-electron chi connectivity index (χ4n) is 1.66. The quantitative estimate of drug-likeness (QED) is 0.582. The van der Waals surface area contributed by atoms with Gasteiger partial charge < -0.3 is 4.74 Å². The summed E-state index contributed by atoms with van der Waals surface area (Å²) in [5.74, 6) is 4.78. The molecule has 0 bridgehead atoms. The SMILES string of the molecule is Fc1ccc(C#CCCl)c(OCc2cccc(Cl)c2F)c1. The van der Waals surface area contributed by atoms with Crippen molar-refractivity contribution >= 4 is 23.2 Å². The number of alkyl halides is 1. The van der Waals surface area contributed by atoms with Gasteiger partial charge in [0.25, 0.3) is 0 Å². The molecule has 2 rings (SSSR count). The van der Waals surface area contributed by atoms with Crippen molar-refractivity contribution in [2.75, 3.05) is 5.88 Å². The third kappa shape index (κ3) is 4.10. The van der Waals surface area contributed by atoms with Crippen molar-refractivity contribution < 1.29 is 13.5 Å². The van der Waals surface area contributed by atoms with Gasteiger partial charge >= 0.3 is 0 Å². The van der Waals surface area contributed by atoms with Crippen LogP contribution in [-0.2, 0) is 6.61 Å². The van der Waals surface area contributed by atoms with E-state index >= 15 is 0 Å². The van der Waals surface area contributed by atoms with Crippen molar-refractivity contribution in [3.8, 4) is 17.6 Å². The van der Waals surface area contributed by atoms with E-state index in [0.29, 0.717) is 5.56 Å². The summed E-state index contributed by atoms with van der Waals surface area (Å²) in [6.07, 6.45) is 0. The molecule has 0 aromatic heterocycles. The summed E-state index contributed by atoms with van der Waals surface area (Å²) in [6.45, 7) is -0.0780. The fraction of sp³-hybridized carbons (Fsp3) is 0.125. The van der Waals surface area contributed by atoms with Crippen LogP contribution in [0.3, 0.4) is 0 Å². The lowest BCUT2D eigenvalue weighted by atomic mass is 10.2. The lowest BCUT2D eigenvalue weighted by Crippen LogP contribution is -2.00. The third-order valence-corrected chi connectivity index (χ3v) is 3.07. The summed E-state index contributed by atoms with van der Waals surface area (Å²) in [6, 6.07) is 8.55. The summed E-state index contributed by atoms with van der Waals surface area (Å²) in [5, 5.41) is 0.0116. The molecule has 0 aliphatic rings. The fourth-order valence-corrected chi connectivity index (χ4v) is 1.92. The maximum atomic E-state index is 13.8. The van der Waals surface area contributed by atoms with Crippen molar-refractivity contribution in [3.63, 3.8) is 0 Å². The van der Waals surface area contributed by atoms with Gasteiger partial charge in [0, 0.05) is 11.6 Å². The van der Waals surface area contributed by atoms with Crippen molar-refractivity contribution in [1.82, 2.24) is 0 Å². The van der Waals surface area contributed by atoms with Gasteiger partial charge in [-0.1, -0.05) is 35.6 Å². The van der Waals surface area contributed by atoms with Gasteiger partial charge in [-0.25, -0.2) is 8.78 Å². The lowest BCUT2D eigenvalue weighted by molar-refractivity contribution is 0.297. The van der Waals surface area contributed by atoms with Crippen LogP contribution in [0, 0.1) is 23.5 Å². The molecule has 0 radical (unpaired) electrons. The summed E-state index contributed by atoms with van der Waals surface area (Å²) in [7, 11) is 0. The predicted octanol–water partition coefficient (Wildman–Crippen LogP) is 4.79. The second-order valence-electron chi connectivity index (χ2n) is 4.08. The minimum absolute atomic E-state index is 0.0116. The number of hydrogen-bond donors (Lipinski definition) is 0. The Labute approximate surface area is 131 Å². The molecular weight excluding hydrogens is 317 g/mol. The molecule has 5 heteroatoms. The highest BCUT2D eigenvalue weighted by atomic mass is 35.5. The van der Waals surface area contributed by atoms with E-state index < -0.39 is 11.6 Å². The van der Waals surface area contributed by atoms with Crippen molar-refractivity contribution in [3.05, 3.63) is 64.2 Å². The normalized spacial score (nSPS) is 9.90. The molecule has 0 saturated carbocycles. The Morgan fingerprint density at radius 3 is 2.71 bits per heavy atom. The zero-order valence-corrected chi connectivity index (χ0v) is 12.3. The average Bonchev–Trinajstić information content (AvgIpc) is 2.48. The number of ether oxygens (including phenoxy) is 1. The highest BCUT2D eigenvalue weighted by molar-refractivity contribution is 6.30. The van der Waals surface area contributed by atoms with Crippen molar-refractivity contribution in [1.29, 1.82) is 0 Å². The Balaban J connectivity index is 2.23. The van der Waals surface area contributed by atoms with Crippen molar-refractivity contribution in [2.24, 2.45) is 0 Å². The number of hydrogen-bond acceptors (Lipinski definition) is 1. The second kappa shape index (κ2) is 7.31. The van der Waals surface area contributed by atoms with Gasteiger partial charge in [0.1, 0.15) is 24.0 Å². The van der Waals surface area contributed by atoms with Gasteiger partial charge in [0.05, 0.1) is 16.5 Å². The van der Waals surface area contributed by atoms with Crippen LogP contribution in [0.2, 0.25) is 5.02 Å². The monoisotopic (exact) mass is 326 g/mol. The first-order valence-corrected chi connectivity index (χ1v) is 6.93. The molecule has 0 spiro atoms. The number of rotatable bonds is 3. The molecular formula is C16H10Cl2F2O. The molecule has 108 valence electrons. The van der Waals surface area contributed by atoms with E-state index in [0.717, 1.165) is 0 Å². The van der Waals surface area contributed by atoms with E-state index in [-0.39, 0.29) is 28.8 Å². The van der Waals surface area contributed by atoms with E-state index in [2.05, 4.69) is 11.8 Å². The minimum atomic E-state index is -0.552. The summed E-state index contributed by atoms with van der Waals surface area (Å²) >= 11 is 11.2. The zero-order chi connectivity index (χ0) is 15.2. The summed E-state index contributed by atoms with van der Waals surface area (Å²) in [5.41, 5.74) is 0.766. The van der Waals surface area contributed by atoms with Crippen LogP contribution in [0.15, 0.2) is 36.4 Å². The molecule has 2 aromatic carbocycles. The average molecular weight is 327 g/mol. The first-order valence-electron chi connectivity index (χ1n) is 6.02. The van der Waals surface area contributed by atoms with Crippen LogP contribution in [-0.4, -0.2) is 5.88 Å². The van der Waals surface area contributed by atoms with Gasteiger partial charge in [-0.2, -0.15) is 0 Å². The second-order valence-corrected chi connectivity index (χ2v) is 4.75. The first kappa shape index (κ1) is 15.6. The van der Waals surface area contributed by atoms with Gasteiger partial charge in [0.15, 0.2) is 0 Å². The maximum Gasteiger partial charge on any atom is 0.148 e. The topological polar surface area (TPSA) is 9.23 Å². The molecule has 0 aliphatic heterocycles. The Bertz CT molecular complexity index is 705. The van der Waals surface area contributed by atoms with E-state index in [1.165, 1.54) is 24.3 Å². The Kier molecular flexibility index (Phi) is 5.44. The van der Waals surface area contributed by atoms with Crippen LogP contribution in [0.1, 0.15) is 11.1 Å². The summed E-state index contributed by atoms with van der Waals surface area (Å²) < 4.78 is 32.5. The largest absolute Gasteiger partial charge is 0.487 e. The predicted molar refractivity (Wildman–Crippen MR) is 79.7 cm³/mol. The molecule has 2 aromatic rings. The smallest absolute Gasteiger partial charge is 0.148 e. The van der Waals surface area contributed by atoms with Crippen LogP contribution >= 0.6 is 23.2 Å². The molecule has 0 N–H and O–H groups in total. The molecule has 21 heavy (non-hydrogen) atoms. The molecule has 0 heterocycles. The van der Waals surface area contributed by atoms with E-state index in [1.54, 1.807) is 12.1 Å². The minimum Gasteiger partial charge on any atom is -0.487 e. The van der Waals surface area contributed by atoms with Gasteiger partial charge in [-0.15, -0.1) is 11.6 Å². The first-order chi connectivity index (χ1) is 10.1. The standard InChI is InChI=1S/C16H10Cl2F2O/c17-8-2-4-11-6-7-13(19)9-15(11)21-10-12-3-1-5-14(18)16(12)20/h1,3,5-7,9H,8,10H2. The molecule has 0 saturated heterocycles. The molecule has 0 fully saturated rings. The number of benzene rings is 2. The van der Waals surface area contributed by atoms with Gasteiger partial charge in [-0.05, 0) is 18.2 Å². The molecule has 0 aliphatic carbocycles. The van der Waals surface area contributed by atoms with Crippen molar-refractivity contribution in [2.45, 2.75) is 6.61 Å². The van der Waals surface area contributed by atoms with Crippen LogP contribution in [0.5, 0.6) is 5.75 Å². The van der Waals surface area contributed by atoms with E-state index in [9.17, 15) is 8.78 Å². The summed E-state index contributed by atoms with van der Waals surface area (Å²) in [4.78, 5) is 0. The zero-order valence-electron chi connectivity index (χ0n) is 10.8. The van der Waals surface area contributed by atoms with Gasteiger partial charge in [0.2, 0.25) is 0 Å². The Morgan fingerprint density at radius 1 is 1.14 bits per heavy atom. The number of halogens is 4. The lowest BCUT2D eigenvalue weighted by Gasteiger charge is -2.10. The maximum absolute atomic E-state index is 13.8.